The second-order valence-corrected chi connectivity index (χ2v) is 6.36. The molecule has 0 amide bonds. The minimum Gasteiger partial charge on any atom is -0.507 e. The van der Waals surface area contributed by atoms with Gasteiger partial charge in [-0.3, -0.25) is 0 Å². The topological polar surface area (TPSA) is 76.7 Å². The van der Waals surface area contributed by atoms with Gasteiger partial charge in [-0.1, -0.05) is 48.5 Å². The molecule has 0 aliphatic heterocycles. The van der Waals surface area contributed by atoms with E-state index in [4.69, 9.17) is 9.15 Å². The van der Waals surface area contributed by atoms with Crippen LogP contribution in [0.2, 0.25) is 0 Å². The minimum absolute atomic E-state index is 0.0490. The highest BCUT2D eigenvalue weighted by Crippen LogP contribution is 2.27. The zero-order valence-electron chi connectivity index (χ0n) is 15.7. The average Bonchev–Trinajstić information content (AvgIpc) is 2.70. The fourth-order valence-corrected chi connectivity index (χ4v) is 3.03. The van der Waals surface area contributed by atoms with Crippen LogP contribution in [-0.2, 0) is 22.4 Å². The van der Waals surface area contributed by atoms with Crippen molar-refractivity contribution in [2.75, 3.05) is 6.61 Å². The van der Waals surface area contributed by atoms with E-state index in [9.17, 15) is 14.7 Å². The number of hydrogen-bond acceptors (Lipinski definition) is 5. The molecule has 5 heteroatoms. The molecule has 0 radical (unpaired) electrons. The van der Waals surface area contributed by atoms with Crippen molar-refractivity contribution < 1.29 is 19.1 Å². The van der Waals surface area contributed by atoms with E-state index in [2.05, 4.69) is 0 Å². The minimum atomic E-state index is -0.658. The number of carbonyl (C=O) groups is 1. The third-order valence-electron chi connectivity index (χ3n) is 4.45. The molecule has 5 nitrogen and oxygen atoms in total. The zero-order chi connectivity index (χ0) is 19.9. The van der Waals surface area contributed by atoms with E-state index in [1.165, 1.54) is 0 Å². The van der Waals surface area contributed by atoms with Crippen LogP contribution in [0.4, 0.5) is 0 Å². The molecule has 28 heavy (non-hydrogen) atoms. The lowest BCUT2D eigenvalue weighted by Crippen LogP contribution is -2.15. The van der Waals surface area contributed by atoms with Crippen LogP contribution in [0.15, 0.2) is 75.5 Å². The predicted molar refractivity (Wildman–Crippen MR) is 107 cm³/mol. The molecule has 3 aromatic rings. The van der Waals surface area contributed by atoms with Crippen LogP contribution in [0.5, 0.6) is 5.75 Å². The van der Waals surface area contributed by atoms with Crippen molar-refractivity contribution in [1.82, 2.24) is 0 Å². The van der Waals surface area contributed by atoms with Crippen molar-refractivity contribution in [3.8, 4) is 5.75 Å². The van der Waals surface area contributed by atoms with Crippen LogP contribution in [0.1, 0.15) is 24.5 Å². The molecule has 0 unspecified atom stereocenters. The molecule has 0 saturated heterocycles. The van der Waals surface area contributed by atoms with Crippen molar-refractivity contribution in [1.29, 1.82) is 0 Å². The van der Waals surface area contributed by atoms with Gasteiger partial charge < -0.3 is 14.3 Å². The van der Waals surface area contributed by atoms with E-state index >= 15 is 0 Å². The second kappa shape index (κ2) is 9.04. The van der Waals surface area contributed by atoms with Gasteiger partial charge in [0.15, 0.2) is 0 Å². The highest BCUT2D eigenvalue weighted by Gasteiger charge is 2.19. The summed E-state index contributed by atoms with van der Waals surface area (Å²) in [6.07, 6.45) is 3.07. The quantitative estimate of drug-likeness (QED) is 0.379. The van der Waals surface area contributed by atoms with Crippen LogP contribution in [0.25, 0.3) is 11.0 Å². The maximum Gasteiger partial charge on any atom is 0.343 e. The van der Waals surface area contributed by atoms with Crippen LogP contribution in [-0.4, -0.2) is 17.7 Å². The van der Waals surface area contributed by atoms with E-state index in [1.54, 1.807) is 37.3 Å². The van der Waals surface area contributed by atoms with Crippen LogP contribution >= 0.6 is 0 Å². The van der Waals surface area contributed by atoms with Gasteiger partial charge in [-0.25, -0.2) is 9.59 Å². The molecule has 3 rings (SSSR count). The fraction of sp³-hybridized carbons (Fsp3) is 0.217. The summed E-state index contributed by atoms with van der Waals surface area (Å²) < 4.78 is 10.4. The van der Waals surface area contributed by atoms with Crippen molar-refractivity contribution in [3.05, 3.63) is 87.8 Å². The second-order valence-electron chi connectivity index (χ2n) is 6.36. The number of carbonyl (C=O) groups excluding carboxylic acids is 1. The zero-order valence-corrected chi connectivity index (χ0v) is 15.7. The van der Waals surface area contributed by atoms with Gasteiger partial charge in [-0.05, 0) is 37.5 Å². The van der Waals surface area contributed by atoms with Gasteiger partial charge in [0.25, 0.3) is 0 Å². The number of aromatic hydroxyl groups is 1. The molecule has 2 aromatic carbocycles. The Bertz CT molecular complexity index is 1050. The number of hydrogen-bond donors (Lipinski definition) is 1. The number of ether oxygens (including phenoxy) is 1. The lowest BCUT2D eigenvalue weighted by Gasteiger charge is -2.09. The molecule has 0 saturated carbocycles. The number of para-hydroxylation sites is 1. The molecule has 0 atom stereocenters. The number of esters is 1. The Morgan fingerprint density at radius 2 is 1.82 bits per heavy atom. The van der Waals surface area contributed by atoms with Crippen LogP contribution < -0.4 is 5.63 Å². The van der Waals surface area contributed by atoms with E-state index < -0.39 is 11.6 Å². The molecule has 1 heterocycles. The molecule has 0 aliphatic rings. The highest BCUT2D eigenvalue weighted by atomic mass is 16.5. The Morgan fingerprint density at radius 1 is 1.11 bits per heavy atom. The van der Waals surface area contributed by atoms with Crippen LogP contribution in [0.3, 0.4) is 0 Å². The van der Waals surface area contributed by atoms with Crippen LogP contribution in [0, 0.1) is 0 Å². The van der Waals surface area contributed by atoms with Crippen molar-refractivity contribution >= 4 is 16.9 Å². The van der Waals surface area contributed by atoms with Crippen molar-refractivity contribution in [2.45, 2.75) is 26.2 Å². The Labute approximate surface area is 162 Å². The van der Waals surface area contributed by atoms with E-state index in [1.807, 2.05) is 30.3 Å². The summed E-state index contributed by atoms with van der Waals surface area (Å²) in [5, 5.41) is 11.0. The Kier molecular flexibility index (Phi) is 6.27. The average molecular weight is 378 g/mol. The monoisotopic (exact) mass is 378 g/mol. The molecule has 144 valence electrons. The first-order chi connectivity index (χ1) is 13.6. The molecular weight excluding hydrogens is 356 g/mol. The summed E-state index contributed by atoms with van der Waals surface area (Å²) in [5.74, 6) is -0.660. The maximum absolute atomic E-state index is 12.4. The number of rotatable bonds is 7. The first kappa shape index (κ1) is 19.4. The Balaban J connectivity index is 1.89. The molecule has 0 fully saturated rings. The van der Waals surface area contributed by atoms with Gasteiger partial charge in [0, 0.05) is 12.0 Å². The summed E-state index contributed by atoms with van der Waals surface area (Å²) in [6.45, 7) is 1.95. The van der Waals surface area contributed by atoms with Gasteiger partial charge in [-0.2, -0.15) is 0 Å². The van der Waals surface area contributed by atoms with Crippen molar-refractivity contribution in [3.63, 3.8) is 0 Å². The summed E-state index contributed by atoms with van der Waals surface area (Å²) in [6, 6.07) is 16.6. The standard InChI is InChI=1S/C23H22O5/c1-2-27-22(25)17(12-8-11-16-9-4-3-5-10-16)15-19-21(24)18-13-6-7-14-20(18)28-23(19)26/h3-7,9-10,12-14,24H,2,8,11,15H2,1H3/b17-12+. The first-order valence-electron chi connectivity index (χ1n) is 9.24. The summed E-state index contributed by atoms with van der Waals surface area (Å²) in [4.78, 5) is 24.7. The third-order valence-corrected chi connectivity index (χ3v) is 4.45. The van der Waals surface area contributed by atoms with Crippen molar-refractivity contribution in [2.24, 2.45) is 0 Å². The molecule has 1 N–H and O–H groups in total. The summed E-state index contributed by atoms with van der Waals surface area (Å²) in [5.41, 5.74) is 1.18. The Hall–Kier alpha value is -3.34. The fourth-order valence-electron chi connectivity index (χ4n) is 3.03. The van der Waals surface area contributed by atoms with Gasteiger partial charge in [0.1, 0.15) is 11.3 Å². The summed E-state index contributed by atoms with van der Waals surface area (Å²) >= 11 is 0. The normalized spacial score (nSPS) is 11.5. The largest absolute Gasteiger partial charge is 0.507 e. The molecule has 0 aliphatic carbocycles. The predicted octanol–water partition coefficient (Wildman–Crippen LogP) is 4.16. The smallest absolute Gasteiger partial charge is 0.343 e. The van der Waals surface area contributed by atoms with Gasteiger partial charge in [0.2, 0.25) is 0 Å². The number of benzene rings is 2. The lowest BCUT2D eigenvalue weighted by atomic mass is 10.0. The number of aryl methyl sites for hydroxylation is 1. The number of fused-ring (bicyclic) bond motifs is 1. The SMILES string of the molecule is CCOC(=O)/C(=C/CCc1ccccc1)Cc1c(O)c2ccccc2oc1=O. The Morgan fingerprint density at radius 3 is 2.57 bits per heavy atom. The van der Waals surface area contributed by atoms with Gasteiger partial charge >= 0.3 is 11.6 Å². The van der Waals surface area contributed by atoms with Gasteiger partial charge in [-0.15, -0.1) is 0 Å². The third kappa shape index (κ3) is 4.49. The molecule has 0 bridgehead atoms. The van der Waals surface area contributed by atoms with E-state index in [-0.39, 0.29) is 24.3 Å². The lowest BCUT2D eigenvalue weighted by molar-refractivity contribution is -0.138. The van der Waals surface area contributed by atoms with E-state index in [0.29, 0.717) is 23.0 Å². The molecule has 1 aromatic heterocycles. The van der Waals surface area contributed by atoms with E-state index in [0.717, 1.165) is 12.0 Å². The highest BCUT2D eigenvalue weighted by molar-refractivity contribution is 5.90. The van der Waals surface area contributed by atoms with Gasteiger partial charge in [0.05, 0.1) is 17.6 Å². The summed E-state index contributed by atoms with van der Waals surface area (Å²) in [7, 11) is 0. The number of allylic oxidation sites excluding steroid dienone is 1. The maximum atomic E-state index is 12.4. The first-order valence-corrected chi connectivity index (χ1v) is 9.24. The molecular formula is C23H22O5. The molecule has 0 spiro atoms.